The molecule has 0 heterocycles. The Bertz CT molecular complexity index is 363. The van der Waals surface area contributed by atoms with E-state index in [-0.39, 0.29) is 5.91 Å². The van der Waals surface area contributed by atoms with E-state index in [1.54, 1.807) is 7.11 Å². The molecule has 0 bridgehead atoms. The third-order valence-corrected chi connectivity index (χ3v) is 2.72. The van der Waals surface area contributed by atoms with Crippen LogP contribution >= 0.6 is 0 Å². The van der Waals surface area contributed by atoms with E-state index in [9.17, 15) is 4.79 Å². The standard InChI is InChI=1S/C14H22N2O2/c1-11(10-18-2)9-16-14(17)8-5-12-3-6-13(15)7-4-12/h3-4,6-7,11H,5,8-10,15H2,1-2H3,(H,16,17). The maximum atomic E-state index is 11.6. The molecular weight excluding hydrogens is 228 g/mol. The molecule has 0 aliphatic heterocycles. The summed E-state index contributed by atoms with van der Waals surface area (Å²) in [4.78, 5) is 11.6. The third-order valence-electron chi connectivity index (χ3n) is 2.72. The Labute approximate surface area is 109 Å². The van der Waals surface area contributed by atoms with Crippen LogP contribution in [0.15, 0.2) is 24.3 Å². The van der Waals surface area contributed by atoms with Gasteiger partial charge in [0.25, 0.3) is 0 Å². The monoisotopic (exact) mass is 250 g/mol. The van der Waals surface area contributed by atoms with Gasteiger partial charge in [0.2, 0.25) is 5.91 Å². The lowest BCUT2D eigenvalue weighted by molar-refractivity contribution is -0.121. The van der Waals surface area contributed by atoms with Gasteiger partial charge in [0.15, 0.2) is 0 Å². The van der Waals surface area contributed by atoms with Gasteiger partial charge in [-0.05, 0) is 30.0 Å². The van der Waals surface area contributed by atoms with Crippen molar-refractivity contribution in [3.63, 3.8) is 0 Å². The van der Waals surface area contributed by atoms with Crippen LogP contribution in [0.25, 0.3) is 0 Å². The first-order chi connectivity index (χ1) is 8.61. The molecule has 0 saturated carbocycles. The van der Waals surface area contributed by atoms with Gasteiger partial charge in [-0.2, -0.15) is 0 Å². The maximum Gasteiger partial charge on any atom is 0.220 e. The van der Waals surface area contributed by atoms with E-state index in [0.29, 0.717) is 25.5 Å². The minimum Gasteiger partial charge on any atom is -0.399 e. The first-order valence-electron chi connectivity index (χ1n) is 6.22. The van der Waals surface area contributed by atoms with Crippen LogP contribution in [0.5, 0.6) is 0 Å². The summed E-state index contributed by atoms with van der Waals surface area (Å²) >= 11 is 0. The molecule has 4 nitrogen and oxygen atoms in total. The molecule has 3 N–H and O–H groups in total. The number of carbonyl (C=O) groups is 1. The molecule has 1 amide bonds. The molecule has 0 radical (unpaired) electrons. The molecule has 0 aromatic heterocycles. The first-order valence-corrected chi connectivity index (χ1v) is 6.22. The van der Waals surface area contributed by atoms with E-state index >= 15 is 0 Å². The first kappa shape index (κ1) is 14.5. The number of amides is 1. The fraction of sp³-hybridized carbons (Fsp3) is 0.500. The summed E-state index contributed by atoms with van der Waals surface area (Å²) < 4.78 is 5.01. The van der Waals surface area contributed by atoms with Crippen molar-refractivity contribution >= 4 is 11.6 Å². The highest BCUT2D eigenvalue weighted by atomic mass is 16.5. The number of hydrogen-bond donors (Lipinski definition) is 2. The van der Waals surface area contributed by atoms with Crippen molar-refractivity contribution in [2.75, 3.05) is 26.0 Å². The number of methoxy groups -OCH3 is 1. The van der Waals surface area contributed by atoms with Crippen LogP contribution in [0.2, 0.25) is 0 Å². The number of anilines is 1. The average molecular weight is 250 g/mol. The summed E-state index contributed by atoms with van der Waals surface area (Å²) in [6.45, 7) is 3.37. The fourth-order valence-electron chi connectivity index (χ4n) is 1.66. The molecule has 4 heteroatoms. The Hall–Kier alpha value is -1.55. The molecule has 1 aromatic carbocycles. The second-order valence-corrected chi connectivity index (χ2v) is 4.61. The van der Waals surface area contributed by atoms with E-state index in [4.69, 9.17) is 10.5 Å². The topological polar surface area (TPSA) is 64.3 Å². The summed E-state index contributed by atoms with van der Waals surface area (Å²) in [6.07, 6.45) is 1.24. The molecule has 0 aliphatic carbocycles. The number of nitrogens with two attached hydrogens (primary N) is 1. The number of rotatable bonds is 7. The molecule has 1 rings (SSSR count). The smallest absolute Gasteiger partial charge is 0.220 e. The fourth-order valence-corrected chi connectivity index (χ4v) is 1.66. The highest BCUT2D eigenvalue weighted by Gasteiger charge is 2.05. The molecule has 0 fully saturated rings. The Morgan fingerprint density at radius 2 is 2.06 bits per heavy atom. The molecular formula is C14H22N2O2. The molecule has 1 unspecified atom stereocenters. The highest BCUT2D eigenvalue weighted by Crippen LogP contribution is 2.07. The van der Waals surface area contributed by atoms with E-state index in [1.807, 2.05) is 31.2 Å². The predicted molar refractivity (Wildman–Crippen MR) is 73.2 cm³/mol. The van der Waals surface area contributed by atoms with Crippen LogP contribution in [0.1, 0.15) is 18.9 Å². The summed E-state index contributed by atoms with van der Waals surface area (Å²) in [5.74, 6) is 0.422. The van der Waals surface area contributed by atoms with E-state index in [0.717, 1.165) is 17.7 Å². The van der Waals surface area contributed by atoms with Gasteiger partial charge >= 0.3 is 0 Å². The van der Waals surface area contributed by atoms with Crippen LogP contribution in [0.3, 0.4) is 0 Å². The van der Waals surface area contributed by atoms with E-state index in [1.165, 1.54) is 0 Å². The number of aryl methyl sites for hydroxylation is 1. The largest absolute Gasteiger partial charge is 0.399 e. The van der Waals surface area contributed by atoms with Gasteiger partial charge in [0.05, 0.1) is 6.61 Å². The highest BCUT2D eigenvalue weighted by molar-refractivity contribution is 5.76. The molecule has 0 spiro atoms. The zero-order chi connectivity index (χ0) is 13.4. The lowest BCUT2D eigenvalue weighted by Gasteiger charge is -2.11. The maximum absolute atomic E-state index is 11.6. The predicted octanol–water partition coefficient (Wildman–Crippen LogP) is 1.60. The van der Waals surface area contributed by atoms with E-state index < -0.39 is 0 Å². The SMILES string of the molecule is COCC(C)CNC(=O)CCc1ccc(N)cc1. The van der Waals surface area contributed by atoms with Gasteiger partial charge in [-0.3, -0.25) is 4.79 Å². The quantitative estimate of drug-likeness (QED) is 0.722. The van der Waals surface area contributed by atoms with Crippen molar-refractivity contribution in [2.45, 2.75) is 19.8 Å². The molecule has 0 saturated heterocycles. The summed E-state index contributed by atoms with van der Waals surface area (Å²) in [6, 6.07) is 7.62. The Kier molecular flexibility index (Phi) is 6.22. The van der Waals surface area contributed by atoms with Crippen molar-refractivity contribution in [3.8, 4) is 0 Å². The molecule has 1 atom stereocenters. The number of nitrogen functional groups attached to an aromatic ring is 1. The van der Waals surface area contributed by atoms with Crippen LogP contribution < -0.4 is 11.1 Å². The summed E-state index contributed by atoms with van der Waals surface area (Å²) in [5.41, 5.74) is 7.48. The van der Waals surface area contributed by atoms with Crippen molar-refractivity contribution in [1.29, 1.82) is 0 Å². The lowest BCUT2D eigenvalue weighted by Crippen LogP contribution is -2.30. The number of ether oxygens (including phenoxy) is 1. The van der Waals surface area contributed by atoms with Crippen molar-refractivity contribution in [2.24, 2.45) is 5.92 Å². The van der Waals surface area contributed by atoms with Gasteiger partial charge in [0, 0.05) is 25.8 Å². The number of nitrogens with one attached hydrogen (secondary N) is 1. The van der Waals surface area contributed by atoms with Crippen LogP contribution in [0.4, 0.5) is 5.69 Å². The van der Waals surface area contributed by atoms with Gasteiger partial charge in [0.1, 0.15) is 0 Å². The Balaban J connectivity index is 2.22. The molecule has 18 heavy (non-hydrogen) atoms. The Morgan fingerprint density at radius 3 is 2.67 bits per heavy atom. The van der Waals surface area contributed by atoms with Gasteiger partial charge in [-0.1, -0.05) is 19.1 Å². The number of hydrogen-bond acceptors (Lipinski definition) is 3. The van der Waals surface area contributed by atoms with Crippen LogP contribution in [-0.4, -0.2) is 26.2 Å². The van der Waals surface area contributed by atoms with Crippen LogP contribution in [-0.2, 0) is 16.0 Å². The molecule has 100 valence electrons. The van der Waals surface area contributed by atoms with Gasteiger partial charge in [-0.25, -0.2) is 0 Å². The number of benzene rings is 1. The summed E-state index contributed by atoms with van der Waals surface area (Å²) in [7, 11) is 1.67. The van der Waals surface area contributed by atoms with Crippen LogP contribution in [0, 0.1) is 5.92 Å². The minimum absolute atomic E-state index is 0.0785. The average Bonchev–Trinajstić information content (AvgIpc) is 2.36. The van der Waals surface area contributed by atoms with Gasteiger partial charge in [-0.15, -0.1) is 0 Å². The second-order valence-electron chi connectivity index (χ2n) is 4.61. The number of carbonyl (C=O) groups excluding carboxylic acids is 1. The Morgan fingerprint density at radius 1 is 1.39 bits per heavy atom. The van der Waals surface area contributed by atoms with Crippen molar-refractivity contribution in [3.05, 3.63) is 29.8 Å². The second kappa shape index (κ2) is 7.71. The lowest BCUT2D eigenvalue weighted by atomic mass is 10.1. The van der Waals surface area contributed by atoms with Crippen molar-refractivity contribution < 1.29 is 9.53 Å². The van der Waals surface area contributed by atoms with Gasteiger partial charge < -0.3 is 15.8 Å². The minimum atomic E-state index is 0.0785. The summed E-state index contributed by atoms with van der Waals surface area (Å²) in [5, 5.41) is 2.91. The molecule has 1 aromatic rings. The third kappa shape index (κ3) is 5.68. The zero-order valence-electron chi connectivity index (χ0n) is 11.1. The van der Waals surface area contributed by atoms with E-state index in [2.05, 4.69) is 5.32 Å². The zero-order valence-corrected chi connectivity index (χ0v) is 11.1. The normalized spacial score (nSPS) is 12.1. The van der Waals surface area contributed by atoms with Crippen molar-refractivity contribution in [1.82, 2.24) is 5.32 Å². The molecule has 0 aliphatic rings.